The number of rotatable bonds is 2. The van der Waals surface area contributed by atoms with Gasteiger partial charge in [-0.2, -0.15) is 0 Å². The van der Waals surface area contributed by atoms with Gasteiger partial charge in [0.15, 0.2) is 0 Å². The molecule has 1 aliphatic heterocycles. The fraction of sp³-hybridized carbons (Fsp3) is 0.533. The van der Waals surface area contributed by atoms with E-state index < -0.39 is 0 Å². The Bertz CT molecular complexity index is 487. The van der Waals surface area contributed by atoms with Crippen LogP contribution in [0.25, 0.3) is 0 Å². The highest BCUT2D eigenvalue weighted by atomic mass is 16.2. The molecule has 0 radical (unpaired) electrons. The van der Waals surface area contributed by atoms with E-state index in [1.807, 2.05) is 30.6 Å². The molecule has 0 aliphatic carbocycles. The summed E-state index contributed by atoms with van der Waals surface area (Å²) < 4.78 is 0. The molecule has 0 N–H and O–H groups in total. The number of carbonyl (C=O) groups is 2. The van der Waals surface area contributed by atoms with Gasteiger partial charge in [0.1, 0.15) is 0 Å². The van der Waals surface area contributed by atoms with Crippen LogP contribution in [0.4, 0.5) is 0 Å². The van der Waals surface area contributed by atoms with E-state index in [1.165, 1.54) is 0 Å². The maximum Gasteiger partial charge on any atom is 0.255 e. The summed E-state index contributed by atoms with van der Waals surface area (Å²) in [6.07, 6.45) is 3.24. The number of pyridine rings is 1. The van der Waals surface area contributed by atoms with Gasteiger partial charge in [-0.15, -0.1) is 0 Å². The van der Waals surface area contributed by atoms with E-state index in [0.29, 0.717) is 25.2 Å². The van der Waals surface area contributed by atoms with Crippen LogP contribution in [0.15, 0.2) is 24.5 Å². The summed E-state index contributed by atoms with van der Waals surface area (Å²) in [5, 5.41) is 0. The molecule has 1 unspecified atom stereocenters. The SMILES string of the molecule is CC(C)C(=O)N1CCN(C(=O)c2cccnc2)C(C)C1. The van der Waals surface area contributed by atoms with Crippen LogP contribution < -0.4 is 0 Å². The van der Waals surface area contributed by atoms with E-state index in [-0.39, 0.29) is 23.8 Å². The first-order valence-corrected chi connectivity index (χ1v) is 7.00. The molecule has 2 rings (SSSR count). The molecule has 0 saturated carbocycles. The largest absolute Gasteiger partial charge is 0.339 e. The van der Waals surface area contributed by atoms with Gasteiger partial charge in [-0.1, -0.05) is 13.8 Å². The number of carbonyl (C=O) groups excluding carboxylic acids is 2. The minimum Gasteiger partial charge on any atom is -0.339 e. The van der Waals surface area contributed by atoms with Crippen molar-refractivity contribution < 1.29 is 9.59 Å². The second-order valence-corrected chi connectivity index (χ2v) is 5.53. The van der Waals surface area contributed by atoms with Crippen molar-refractivity contribution in [3.8, 4) is 0 Å². The molecule has 20 heavy (non-hydrogen) atoms. The van der Waals surface area contributed by atoms with Crippen LogP contribution in [0, 0.1) is 5.92 Å². The summed E-state index contributed by atoms with van der Waals surface area (Å²) in [6, 6.07) is 3.56. The number of piperazine rings is 1. The maximum atomic E-state index is 12.4. The van der Waals surface area contributed by atoms with E-state index in [4.69, 9.17) is 0 Å². The van der Waals surface area contributed by atoms with Crippen LogP contribution in [-0.4, -0.2) is 52.3 Å². The zero-order chi connectivity index (χ0) is 14.7. The standard InChI is InChI=1S/C15H21N3O2/c1-11(2)14(19)17-7-8-18(12(3)10-17)15(20)13-5-4-6-16-9-13/h4-6,9,11-12H,7-8,10H2,1-3H3. The molecule has 1 atom stereocenters. The maximum absolute atomic E-state index is 12.4. The Kier molecular flexibility index (Phi) is 4.37. The van der Waals surface area contributed by atoms with Crippen LogP contribution in [0.1, 0.15) is 31.1 Å². The minimum absolute atomic E-state index is 0.00257. The lowest BCUT2D eigenvalue weighted by molar-refractivity contribution is -0.136. The molecule has 5 heteroatoms. The van der Waals surface area contributed by atoms with Crippen molar-refractivity contribution in [2.24, 2.45) is 5.92 Å². The topological polar surface area (TPSA) is 53.5 Å². The lowest BCUT2D eigenvalue weighted by Gasteiger charge is -2.40. The predicted molar refractivity (Wildman–Crippen MR) is 76.2 cm³/mol. The number of aromatic nitrogens is 1. The lowest BCUT2D eigenvalue weighted by Crippen LogP contribution is -2.56. The third kappa shape index (κ3) is 2.98. The van der Waals surface area contributed by atoms with Crippen LogP contribution >= 0.6 is 0 Å². The second kappa shape index (κ2) is 6.03. The number of hydrogen-bond donors (Lipinski definition) is 0. The summed E-state index contributed by atoms with van der Waals surface area (Å²) >= 11 is 0. The molecule has 1 aromatic rings. The Morgan fingerprint density at radius 3 is 2.65 bits per heavy atom. The van der Waals surface area contributed by atoms with Gasteiger partial charge in [0.05, 0.1) is 5.56 Å². The monoisotopic (exact) mass is 275 g/mol. The number of hydrogen-bond acceptors (Lipinski definition) is 3. The highest BCUT2D eigenvalue weighted by molar-refractivity contribution is 5.94. The minimum atomic E-state index is -0.0118. The first-order valence-electron chi connectivity index (χ1n) is 7.00. The van der Waals surface area contributed by atoms with Gasteiger partial charge in [0.25, 0.3) is 5.91 Å². The third-order valence-corrected chi connectivity index (χ3v) is 3.60. The van der Waals surface area contributed by atoms with Crippen LogP contribution in [0.2, 0.25) is 0 Å². The van der Waals surface area contributed by atoms with Crippen molar-refractivity contribution in [1.82, 2.24) is 14.8 Å². The van der Waals surface area contributed by atoms with Crippen molar-refractivity contribution in [1.29, 1.82) is 0 Å². The Balaban J connectivity index is 2.04. The molecule has 1 aliphatic rings. The third-order valence-electron chi connectivity index (χ3n) is 3.60. The highest BCUT2D eigenvalue weighted by Crippen LogP contribution is 2.15. The van der Waals surface area contributed by atoms with Gasteiger partial charge in [-0.25, -0.2) is 0 Å². The van der Waals surface area contributed by atoms with Gasteiger partial charge < -0.3 is 9.80 Å². The van der Waals surface area contributed by atoms with Gasteiger partial charge >= 0.3 is 0 Å². The molecular formula is C15H21N3O2. The first kappa shape index (κ1) is 14.5. The second-order valence-electron chi connectivity index (χ2n) is 5.53. The Hall–Kier alpha value is -1.91. The molecule has 1 aromatic heterocycles. The average molecular weight is 275 g/mol. The van der Waals surface area contributed by atoms with Crippen molar-refractivity contribution in [2.75, 3.05) is 19.6 Å². The summed E-state index contributed by atoms with van der Waals surface area (Å²) in [6.45, 7) is 7.57. The van der Waals surface area contributed by atoms with Crippen LogP contribution in [-0.2, 0) is 4.79 Å². The van der Waals surface area contributed by atoms with Crippen molar-refractivity contribution in [2.45, 2.75) is 26.8 Å². The summed E-state index contributed by atoms with van der Waals surface area (Å²) in [7, 11) is 0. The molecule has 1 saturated heterocycles. The van der Waals surface area contributed by atoms with Crippen LogP contribution in [0.5, 0.6) is 0 Å². The molecule has 0 aromatic carbocycles. The van der Waals surface area contributed by atoms with Gasteiger partial charge in [-0.3, -0.25) is 14.6 Å². The zero-order valence-electron chi connectivity index (χ0n) is 12.2. The summed E-state index contributed by atoms with van der Waals surface area (Å²) in [5.74, 6) is 0.148. The van der Waals surface area contributed by atoms with Crippen molar-refractivity contribution in [3.05, 3.63) is 30.1 Å². The van der Waals surface area contributed by atoms with E-state index >= 15 is 0 Å². The average Bonchev–Trinajstić information content (AvgIpc) is 2.46. The highest BCUT2D eigenvalue weighted by Gasteiger charge is 2.30. The number of nitrogens with zero attached hydrogens (tertiary/aromatic N) is 3. The zero-order valence-corrected chi connectivity index (χ0v) is 12.2. The molecule has 5 nitrogen and oxygen atoms in total. The van der Waals surface area contributed by atoms with E-state index in [9.17, 15) is 9.59 Å². The van der Waals surface area contributed by atoms with E-state index in [0.717, 1.165) is 0 Å². The molecule has 2 heterocycles. The van der Waals surface area contributed by atoms with E-state index in [1.54, 1.807) is 24.5 Å². The summed E-state index contributed by atoms with van der Waals surface area (Å²) in [4.78, 5) is 32.1. The first-order chi connectivity index (χ1) is 9.50. The fourth-order valence-electron chi connectivity index (χ4n) is 2.48. The quantitative estimate of drug-likeness (QED) is 0.820. The Morgan fingerprint density at radius 1 is 1.35 bits per heavy atom. The van der Waals surface area contributed by atoms with E-state index in [2.05, 4.69) is 4.98 Å². The molecular weight excluding hydrogens is 254 g/mol. The molecule has 2 amide bonds. The molecule has 0 bridgehead atoms. The molecule has 0 spiro atoms. The normalized spacial score (nSPS) is 19.3. The Labute approximate surface area is 119 Å². The molecule has 1 fully saturated rings. The Morgan fingerprint density at radius 2 is 2.10 bits per heavy atom. The molecule has 108 valence electrons. The summed E-state index contributed by atoms with van der Waals surface area (Å²) in [5.41, 5.74) is 0.600. The van der Waals surface area contributed by atoms with Crippen molar-refractivity contribution in [3.63, 3.8) is 0 Å². The lowest BCUT2D eigenvalue weighted by atomic mass is 10.1. The van der Waals surface area contributed by atoms with Crippen molar-refractivity contribution >= 4 is 11.8 Å². The van der Waals surface area contributed by atoms with Gasteiger partial charge in [0.2, 0.25) is 5.91 Å². The predicted octanol–water partition coefficient (Wildman–Crippen LogP) is 1.41. The van der Waals surface area contributed by atoms with Gasteiger partial charge in [-0.05, 0) is 19.1 Å². The number of amides is 2. The smallest absolute Gasteiger partial charge is 0.255 e. The van der Waals surface area contributed by atoms with Gasteiger partial charge in [0, 0.05) is 44.0 Å². The fourth-order valence-corrected chi connectivity index (χ4v) is 2.48. The van der Waals surface area contributed by atoms with Crippen LogP contribution in [0.3, 0.4) is 0 Å².